The third kappa shape index (κ3) is 4.61. The highest BCUT2D eigenvalue weighted by molar-refractivity contribution is 9.10. The van der Waals surface area contributed by atoms with Crippen molar-refractivity contribution < 1.29 is 8.81 Å². The molecule has 0 spiro atoms. The molecule has 0 aliphatic rings. The van der Waals surface area contributed by atoms with Crippen LogP contribution in [0.3, 0.4) is 0 Å². The van der Waals surface area contributed by atoms with Gasteiger partial charge >= 0.3 is 0 Å². The van der Waals surface area contributed by atoms with Crippen molar-refractivity contribution in [3.63, 3.8) is 0 Å². The Labute approximate surface area is 132 Å². The van der Waals surface area contributed by atoms with Crippen molar-refractivity contribution in [2.45, 2.75) is 39.2 Å². The van der Waals surface area contributed by atoms with E-state index in [0.29, 0.717) is 22.3 Å². The first-order valence-corrected chi connectivity index (χ1v) is 7.68. The molecule has 1 N–H and O–H groups in total. The van der Waals surface area contributed by atoms with Crippen LogP contribution in [0.1, 0.15) is 33.1 Å². The number of aryl methyl sites for hydroxylation is 1. The largest absolute Gasteiger partial charge is 0.421 e. The summed E-state index contributed by atoms with van der Waals surface area (Å²) in [5.41, 5.74) is 0.405. The zero-order valence-electron chi connectivity index (χ0n) is 12.4. The van der Waals surface area contributed by atoms with Gasteiger partial charge in [0.05, 0.1) is 5.56 Å². The fraction of sp³-hybridized carbons (Fsp3) is 0.467. The van der Waals surface area contributed by atoms with Gasteiger partial charge in [0, 0.05) is 16.4 Å². The Kier molecular flexibility index (Phi) is 5.11. The van der Waals surface area contributed by atoms with E-state index in [1.165, 1.54) is 6.07 Å². The molecule has 0 fully saturated rings. The van der Waals surface area contributed by atoms with Crippen molar-refractivity contribution >= 4 is 15.9 Å². The standard InChI is InChI=1S/C15H19BrFN3O/c1-15(2,3)18-9-5-8-12-19-20-14(21-12)13-10(16)6-4-7-11(13)17/h4,6-7,18H,5,8-9H2,1-3H3. The Morgan fingerprint density at radius 1 is 1.29 bits per heavy atom. The highest BCUT2D eigenvalue weighted by Crippen LogP contribution is 2.29. The minimum atomic E-state index is -0.381. The zero-order valence-corrected chi connectivity index (χ0v) is 14.0. The predicted octanol–water partition coefficient (Wildman–Crippen LogP) is 3.96. The summed E-state index contributed by atoms with van der Waals surface area (Å²) >= 11 is 3.30. The lowest BCUT2D eigenvalue weighted by Crippen LogP contribution is -2.36. The first-order valence-electron chi connectivity index (χ1n) is 6.88. The second-order valence-electron chi connectivity index (χ2n) is 5.88. The number of hydrogen-bond donors (Lipinski definition) is 1. The quantitative estimate of drug-likeness (QED) is 0.824. The van der Waals surface area contributed by atoms with Gasteiger partial charge in [0.1, 0.15) is 5.82 Å². The molecule has 0 radical (unpaired) electrons. The number of hydrogen-bond acceptors (Lipinski definition) is 4. The molecule has 0 bridgehead atoms. The van der Waals surface area contributed by atoms with Crippen LogP contribution in [0.5, 0.6) is 0 Å². The van der Waals surface area contributed by atoms with E-state index in [9.17, 15) is 4.39 Å². The average molecular weight is 356 g/mol. The Balaban J connectivity index is 1.99. The minimum absolute atomic E-state index is 0.0953. The van der Waals surface area contributed by atoms with Crippen LogP contribution < -0.4 is 5.32 Å². The van der Waals surface area contributed by atoms with Gasteiger partial charge in [-0.3, -0.25) is 0 Å². The lowest BCUT2D eigenvalue weighted by molar-refractivity contribution is 0.412. The first kappa shape index (κ1) is 16.1. The van der Waals surface area contributed by atoms with E-state index in [4.69, 9.17) is 4.42 Å². The van der Waals surface area contributed by atoms with Crippen LogP contribution in [-0.4, -0.2) is 22.3 Å². The van der Waals surface area contributed by atoms with Crippen LogP contribution in [0.25, 0.3) is 11.5 Å². The van der Waals surface area contributed by atoms with E-state index < -0.39 is 0 Å². The van der Waals surface area contributed by atoms with Gasteiger partial charge in [0.15, 0.2) is 0 Å². The maximum Gasteiger partial charge on any atom is 0.251 e. The summed E-state index contributed by atoms with van der Waals surface area (Å²) in [5.74, 6) is 0.351. The second-order valence-corrected chi connectivity index (χ2v) is 6.73. The normalized spacial score (nSPS) is 11.9. The third-order valence-electron chi connectivity index (χ3n) is 2.87. The van der Waals surface area contributed by atoms with Gasteiger partial charge in [0.25, 0.3) is 5.89 Å². The number of halogens is 2. The number of rotatable bonds is 5. The zero-order chi connectivity index (χ0) is 15.5. The van der Waals surface area contributed by atoms with Gasteiger partial charge in [-0.25, -0.2) is 4.39 Å². The van der Waals surface area contributed by atoms with Crippen LogP contribution in [-0.2, 0) is 6.42 Å². The van der Waals surface area contributed by atoms with Crippen LogP contribution in [0.15, 0.2) is 27.1 Å². The van der Waals surface area contributed by atoms with Gasteiger partial charge in [-0.15, -0.1) is 10.2 Å². The smallest absolute Gasteiger partial charge is 0.251 e. The topological polar surface area (TPSA) is 51.0 Å². The van der Waals surface area contributed by atoms with Crippen molar-refractivity contribution in [2.24, 2.45) is 0 Å². The summed E-state index contributed by atoms with van der Waals surface area (Å²) in [6.07, 6.45) is 1.56. The lowest BCUT2D eigenvalue weighted by atomic mass is 10.1. The maximum atomic E-state index is 13.8. The first-order chi connectivity index (χ1) is 9.87. The van der Waals surface area contributed by atoms with Crippen LogP contribution in [0.2, 0.25) is 0 Å². The molecule has 2 rings (SSSR count). The van der Waals surface area contributed by atoms with E-state index in [-0.39, 0.29) is 17.2 Å². The fourth-order valence-corrected chi connectivity index (χ4v) is 2.37. The SMILES string of the molecule is CC(C)(C)NCCCc1nnc(-c2c(F)cccc2Br)o1. The molecule has 21 heavy (non-hydrogen) atoms. The summed E-state index contributed by atoms with van der Waals surface area (Å²) in [7, 11) is 0. The van der Waals surface area contributed by atoms with Crippen molar-refractivity contribution in [3.05, 3.63) is 34.4 Å². The van der Waals surface area contributed by atoms with Crippen molar-refractivity contribution in [2.75, 3.05) is 6.54 Å². The molecule has 0 saturated heterocycles. The number of benzene rings is 1. The van der Waals surface area contributed by atoms with E-state index in [0.717, 1.165) is 13.0 Å². The molecule has 1 aromatic carbocycles. The second kappa shape index (κ2) is 6.66. The van der Waals surface area contributed by atoms with Gasteiger partial charge in [-0.2, -0.15) is 0 Å². The molecule has 1 heterocycles. The Bertz CT molecular complexity index is 587. The van der Waals surface area contributed by atoms with E-state index in [2.05, 4.69) is 52.2 Å². The van der Waals surface area contributed by atoms with Crippen molar-refractivity contribution in [1.29, 1.82) is 0 Å². The third-order valence-corrected chi connectivity index (χ3v) is 3.53. The molecule has 0 aliphatic carbocycles. The summed E-state index contributed by atoms with van der Waals surface area (Å²) in [6, 6.07) is 4.74. The fourth-order valence-electron chi connectivity index (χ4n) is 1.86. The van der Waals surface area contributed by atoms with Gasteiger partial charge in [0.2, 0.25) is 5.89 Å². The molecule has 0 aliphatic heterocycles. The summed E-state index contributed by atoms with van der Waals surface area (Å²) in [4.78, 5) is 0. The van der Waals surface area contributed by atoms with Gasteiger partial charge in [-0.1, -0.05) is 6.07 Å². The Hall–Kier alpha value is -1.27. The monoisotopic (exact) mass is 355 g/mol. The molecule has 114 valence electrons. The summed E-state index contributed by atoms with van der Waals surface area (Å²) < 4.78 is 20.0. The van der Waals surface area contributed by atoms with Crippen LogP contribution in [0.4, 0.5) is 4.39 Å². The van der Waals surface area contributed by atoms with E-state index in [1.54, 1.807) is 12.1 Å². The molecular weight excluding hydrogens is 337 g/mol. The number of nitrogens with one attached hydrogen (secondary N) is 1. The molecule has 0 amide bonds. The molecule has 1 aromatic heterocycles. The molecule has 0 atom stereocenters. The van der Waals surface area contributed by atoms with Crippen LogP contribution in [0, 0.1) is 5.82 Å². The van der Waals surface area contributed by atoms with Crippen molar-refractivity contribution in [1.82, 2.24) is 15.5 Å². The highest BCUT2D eigenvalue weighted by atomic mass is 79.9. The van der Waals surface area contributed by atoms with Gasteiger partial charge < -0.3 is 9.73 Å². The molecule has 2 aromatic rings. The molecule has 6 heteroatoms. The predicted molar refractivity (Wildman–Crippen MR) is 83.5 cm³/mol. The molecule has 4 nitrogen and oxygen atoms in total. The number of aromatic nitrogens is 2. The van der Waals surface area contributed by atoms with Crippen molar-refractivity contribution in [3.8, 4) is 11.5 Å². The lowest BCUT2D eigenvalue weighted by Gasteiger charge is -2.19. The Morgan fingerprint density at radius 2 is 2.05 bits per heavy atom. The van der Waals surface area contributed by atoms with Gasteiger partial charge in [-0.05, 0) is 61.8 Å². The van der Waals surface area contributed by atoms with E-state index >= 15 is 0 Å². The molecule has 0 unspecified atom stereocenters. The maximum absolute atomic E-state index is 13.8. The highest BCUT2D eigenvalue weighted by Gasteiger charge is 2.16. The Morgan fingerprint density at radius 3 is 2.71 bits per heavy atom. The number of nitrogens with zero attached hydrogens (tertiary/aromatic N) is 2. The average Bonchev–Trinajstić information content (AvgIpc) is 2.82. The summed E-state index contributed by atoms with van der Waals surface area (Å²) in [5, 5.41) is 11.3. The molecular formula is C15H19BrFN3O. The van der Waals surface area contributed by atoms with E-state index in [1.807, 2.05) is 0 Å². The molecule has 0 saturated carbocycles. The van der Waals surface area contributed by atoms with Crippen LogP contribution >= 0.6 is 15.9 Å². The summed E-state index contributed by atoms with van der Waals surface area (Å²) in [6.45, 7) is 7.22. The minimum Gasteiger partial charge on any atom is -0.421 e.